The second-order valence-corrected chi connectivity index (χ2v) is 12.5. The van der Waals surface area contributed by atoms with E-state index in [1.165, 1.54) is 51.4 Å². The predicted molar refractivity (Wildman–Crippen MR) is 120 cm³/mol. The van der Waals surface area contributed by atoms with E-state index < -0.39 is 0 Å². The molecule has 0 unspecified atom stereocenters. The molecule has 2 fully saturated rings. The first-order valence-electron chi connectivity index (χ1n) is 11.4. The minimum atomic E-state index is 0.00383. The second-order valence-electron chi connectivity index (χ2n) is 9.80. The molecule has 2 aliphatic carbocycles. The van der Waals surface area contributed by atoms with Crippen LogP contribution in [0, 0.1) is 0 Å². The van der Waals surface area contributed by atoms with E-state index in [1.54, 1.807) is 16.7 Å². The maximum absolute atomic E-state index is 2.61. The third kappa shape index (κ3) is 4.22. The van der Waals surface area contributed by atoms with Gasteiger partial charge in [-0.15, -0.1) is 0 Å². The normalized spacial score (nSPS) is 19.8. The van der Waals surface area contributed by atoms with E-state index in [0.717, 1.165) is 11.3 Å². The van der Waals surface area contributed by atoms with Crippen molar-refractivity contribution in [3.05, 3.63) is 28.8 Å². The SMILES string of the molecule is CC(C)c1cc(C(C)C)c(P(C2CCCC2)C2CCCC2)c(C(C)C)c1. The molecule has 0 aromatic heterocycles. The Balaban J connectivity index is 2.17. The highest BCUT2D eigenvalue weighted by Gasteiger charge is 2.37. The highest BCUT2D eigenvalue weighted by atomic mass is 31.1. The molecule has 0 saturated heterocycles. The summed E-state index contributed by atoms with van der Waals surface area (Å²) in [6.45, 7) is 14.5. The molecular weight excluding hydrogens is 331 g/mol. The fourth-order valence-corrected chi connectivity index (χ4v) is 9.66. The van der Waals surface area contributed by atoms with Crippen LogP contribution in [-0.2, 0) is 0 Å². The molecule has 0 bridgehead atoms. The first kappa shape index (κ1) is 20.4. The largest absolute Gasteiger partial charge is 0.0683 e. The Morgan fingerprint density at radius 2 is 1.04 bits per heavy atom. The number of hydrogen-bond donors (Lipinski definition) is 0. The third-order valence-electron chi connectivity index (χ3n) is 6.80. The van der Waals surface area contributed by atoms with Gasteiger partial charge in [0, 0.05) is 0 Å². The molecule has 1 aromatic carbocycles. The maximum Gasteiger partial charge on any atom is -0.0166 e. The summed E-state index contributed by atoms with van der Waals surface area (Å²) in [5, 5.41) is 1.87. The van der Waals surface area contributed by atoms with Crippen LogP contribution in [-0.4, -0.2) is 11.3 Å². The Morgan fingerprint density at radius 3 is 1.35 bits per heavy atom. The van der Waals surface area contributed by atoms with Crippen LogP contribution in [0.25, 0.3) is 0 Å². The fourth-order valence-electron chi connectivity index (χ4n) is 5.24. The second kappa shape index (κ2) is 8.77. The summed E-state index contributed by atoms with van der Waals surface area (Å²) >= 11 is 0. The van der Waals surface area contributed by atoms with E-state index in [2.05, 4.69) is 53.7 Å². The first-order chi connectivity index (χ1) is 12.4. The van der Waals surface area contributed by atoms with Crippen LogP contribution in [0.4, 0.5) is 0 Å². The van der Waals surface area contributed by atoms with Crippen molar-refractivity contribution < 1.29 is 0 Å². The van der Waals surface area contributed by atoms with Crippen molar-refractivity contribution in [2.45, 2.75) is 122 Å². The maximum atomic E-state index is 2.61. The monoisotopic (exact) mass is 372 g/mol. The van der Waals surface area contributed by atoms with Crippen LogP contribution >= 0.6 is 7.92 Å². The summed E-state index contributed by atoms with van der Waals surface area (Å²) in [7, 11) is 0.00383. The highest BCUT2D eigenvalue weighted by molar-refractivity contribution is 7.67. The molecule has 1 aromatic rings. The standard InChI is InChI=1S/C25H41P/c1-17(2)20-15-23(18(3)4)25(24(16-20)19(5)6)26(21-11-7-8-12-21)22-13-9-10-14-22/h15-19,21-22H,7-14H2,1-6H3. The number of benzene rings is 1. The van der Waals surface area contributed by atoms with Gasteiger partial charge < -0.3 is 0 Å². The summed E-state index contributed by atoms with van der Waals surface area (Å²) in [6, 6.07) is 5.21. The zero-order valence-electron chi connectivity index (χ0n) is 18.1. The third-order valence-corrected chi connectivity index (χ3v) is 10.4. The van der Waals surface area contributed by atoms with Crippen molar-refractivity contribution in [1.82, 2.24) is 0 Å². The van der Waals surface area contributed by atoms with Gasteiger partial charge in [0.25, 0.3) is 0 Å². The van der Waals surface area contributed by atoms with Crippen molar-refractivity contribution in [3.63, 3.8) is 0 Å². The van der Waals surface area contributed by atoms with Gasteiger partial charge in [0.1, 0.15) is 0 Å². The van der Waals surface area contributed by atoms with Gasteiger partial charge in [0.2, 0.25) is 0 Å². The molecule has 1 heteroatoms. The molecule has 26 heavy (non-hydrogen) atoms. The molecule has 0 N–H and O–H groups in total. The first-order valence-corrected chi connectivity index (χ1v) is 12.8. The summed E-state index contributed by atoms with van der Waals surface area (Å²) in [5.74, 6) is 1.92. The Kier molecular flexibility index (Phi) is 6.88. The van der Waals surface area contributed by atoms with Gasteiger partial charge in [-0.05, 0) is 76.7 Å². The average molecular weight is 373 g/mol. The van der Waals surface area contributed by atoms with Crippen molar-refractivity contribution in [2.75, 3.05) is 0 Å². The lowest BCUT2D eigenvalue weighted by Crippen LogP contribution is -2.27. The smallest absolute Gasteiger partial charge is 0.0166 e. The molecule has 0 aliphatic heterocycles. The van der Waals surface area contributed by atoms with Crippen LogP contribution in [0.5, 0.6) is 0 Å². The van der Waals surface area contributed by atoms with Gasteiger partial charge >= 0.3 is 0 Å². The van der Waals surface area contributed by atoms with Crippen LogP contribution in [0.15, 0.2) is 12.1 Å². The zero-order chi connectivity index (χ0) is 18.8. The average Bonchev–Trinajstić information content (AvgIpc) is 3.28. The fraction of sp³-hybridized carbons (Fsp3) is 0.760. The molecular formula is C25H41P. The molecule has 2 aliphatic rings. The number of rotatable bonds is 6. The van der Waals surface area contributed by atoms with E-state index in [9.17, 15) is 0 Å². The van der Waals surface area contributed by atoms with Gasteiger partial charge in [-0.3, -0.25) is 0 Å². The molecule has 0 radical (unpaired) electrons. The molecule has 3 rings (SSSR count). The molecule has 0 amide bonds. The molecule has 0 nitrogen and oxygen atoms in total. The van der Waals surface area contributed by atoms with Crippen LogP contribution < -0.4 is 5.30 Å². The van der Waals surface area contributed by atoms with Crippen LogP contribution in [0.3, 0.4) is 0 Å². The van der Waals surface area contributed by atoms with Crippen molar-refractivity contribution >= 4 is 13.2 Å². The van der Waals surface area contributed by atoms with Crippen molar-refractivity contribution in [1.29, 1.82) is 0 Å². The Labute approximate surface area is 164 Å². The highest BCUT2D eigenvalue weighted by Crippen LogP contribution is 2.58. The van der Waals surface area contributed by atoms with E-state index in [1.807, 2.05) is 5.30 Å². The lowest BCUT2D eigenvalue weighted by Gasteiger charge is -2.36. The predicted octanol–water partition coefficient (Wildman–Crippen LogP) is 8.05. The van der Waals surface area contributed by atoms with Gasteiger partial charge in [-0.25, -0.2) is 0 Å². The molecule has 0 atom stereocenters. The minimum Gasteiger partial charge on any atom is -0.0683 e. The lowest BCUT2D eigenvalue weighted by molar-refractivity contribution is 0.804. The quantitative estimate of drug-likeness (QED) is 0.443. The van der Waals surface area contributed by atoms with E-state index in [0.29, 0.717) is 17.8 Å². The van der Waals surface area contributed by atoms with Gasteiger partial charge in [-0.2, -0.15) is 0 Å². The zero-order valence-corrected chi connectivity index (χ0v) is 19.0. The van der Waals surface area contributed by atoms with Gasteiger partial charge in [0.15, 0.2) is 0 Å². The molecule has 0 heterocycles. The van der Waals surface area contributed by atoms with Gasteiger partial charge in [-0.1, -0.05) is 87.3 Å². The van der Waals surface area contributed by atoms with Gasteiger partial charge in [0.05, 0.1) is 0 Å². The molecule has 2 saturated carbocycles. The number of hydrogen-bond acceptors (Lipinski definition) is 0. The van der Waals surface area contributed by atoms with Crippen LogP contribution in [0.1, 0.15) is 127 Å². The summed E-state index contributed by atoms with van der Waals surface area (Å²) in [5.41, 5.74) is 7.00. The minimum absolute atomic E-state index is 0.00383. The summed E-state index contributed by atoms with van der Waals surface area (Å²) in [4.78, 5) is 0. The Morgan fingerprint density at radius 1 is 0.654 bits per heavy atom. The summed E-state index contributed by atoms with van der Waals surface area (Å²) < 4.78 is 0. The van der Waals surface area contributed by atoms with Crippen molar-refractivity contribution in [2.24, 2.45) is 0 Å². The van der Waals surface area contributed by atoms with E-state index in [-0.39, 0.29) is 7.92 Å². The van der Waals surface area contributed by atoms with Crippen molar-refractivity contribution in [3.8, 4) is 0 Å². The Bertz CT molecular complexity index is 541. The molecule has 146 valence electrons. The topological polar surface area (TPSA) is 0 Å². The van der Waals surface area contributed by atoms with Crippen LogP contribution in [0.2, 0.25) is 0 Å². The molecule has 0 spiro atoms. The van der Waals surface area contributed by atoms with E-state index >= 15 is 0 Å². The Hall–Kier alpha value is -0.350. The van der Waals surface area contributed by atoms with E-state index in [4.69, 9.17) is 0 Å². The lowest BCUT2D eigenvalue weighted by atomic mass is 9.89. The summed E-state index contributed by atoms with van der Waals surface area (Å²) in [6.07, 6.45) is 11.9.